The third-order valence-electron chi connectivity index (χ3n) is 2.24. The van der Waals surface area contributed by atoms with E-state index in [1.807, 2.05) is 14.1 Å². The van der Waals surface area contributed by atoms with Gasteiger partial charge in [-0.1, -0.05) is 0 Å². The SMILES string of the molecule is COC(=O)C1CCC(=O)C1=CN(C)C. The standard InChI is InChI=1S/C10H15NO3/c1-11(2)6-8-7(10(13)14-3)4-5-9(8)12/h6-7H,4-5H2,1-3H3. The molecule has 0 saturated heterocycles. The summed E-state index contributed by atoms with van der Waals surface area (Å²) in [4.78, 5) is 24.5. The second kappa shape index (κ2) is 4.26. The van der Waals surface area contributed by atoms with Crippen molar-refractivity contribution in [3.05, 3.63) is 11.8 Å². The predicted molar refractivity (Wildman–Crippen MR) is 51.5 cm³/mol. The molecule has 1 rings (SSSR count). The van der Waals surface area contributed by atoms with Crippen LogP contribution in [0, 0.1) is 5.92 Å². The molecular weight excluding hydrogens is 182 g/mol. The van der Waals surface area contributed by atoms with E-state index in [-0.39, 0.29) is 17.7 Å². The van der Waals surface area contributed by atoms with E-state index in [1.165, 1.54) is 7.11 Å². The van der Waals surface area contributed by atoms with Gasteiger partial charge in [-0.15, -0.1) is 0 Å². The molecule has 0 heterocycles. The highest BCUT2D eigenvalue weighted by Crippen LogP contribution is 2.29. The summed E-state index contributed by atoms with van der Waals surface area (Å²) >= 11 is 0. The van der Waals surface area contributed by atoms with E-state index in [4.69, 9.17) is 0 Å². The van der Waals surface area contributed by atoms with Crippen LogP contribution in [-0.4, -0.2) is 37.9 Å². The Morgan fingerprint density at radius 3 is 2.71 bits per heavy atom. The summed E-state index contributed by atoms with van der Waals surface area (Å²) in [6.45, 7) is 0. The van der Waals surface area contributed by atoms with E-state index in [1.54, 1.807) is 11.1 Å². The first-order valence-corrected chi connectivity index (χ1v) is 4.55. The fourth-order valence-corrected chi connectivity index (χ4v) is 1.60. The highest BCUT2D eigenvalue weighted by Gasteiger charge is 2.34. The third-order valence-corrected chi connectivity index (χ3v) is 2.24. The highest BCUT2D eigenvalue weighted by molar-refractivity contribution is 6.03. The monoisotopic (exact) mass is 197 g/mol. The number of esters is 1. The zero-order valence-electron chi connectivity index (χ0n) is 8.74. The minimum absolute atomic E-state index is 0.0501. The van der Waals surface area contributed by atoms with Crippen LogP contribution >= 0.6 is 0 Å². The molecule has 0 aromatic rings. The molecule has 0 aromatic carbocycles. The minimum Gasteiger partial charge on any atom is -0.469 e. The molecule has 0 bridgehead atoms. The lowest BCUT2D eigenvalue weighted by Gasteiger charge is -2.11. The summed E-state index contributed by atoms with van der Waals surface area (Å²) in [5.74, 6) is -0.632. The van der Waals surface area contributed by atoms with Crippen LogP contribution in [0.4, 0.5) is 0 Å². The van der Waals surface area contributed by atoms with Gasteiger partial charge in [-0.3, -0.25) is 9.59 Å². The molecule has 1 saturated carbocycles. The highest BCUT2D eigenvalue weighted by atomic mass is 16.5. The number of rotatable bonds is 2. The van der Waals surface area contributed by atoms with Gasteiger partial charge in [0.05, 0.1) is 13.0 Å². The fourth-order valence-electron chi connectivity index (χ4n) is 1.60. The molecule has 1 unspecified atom stereocenters. The molecule has 1 aliphatic carbocycles. The Morgan fingerprint density at radius 2 is 2.21 bits per heavy atom. The molecule has 4 nitrogen and oxygen atoms in total. The van der Waals surface area contributed by atoms with E-state index in [0.717, 1.165) is 0 Å². The number of carbonyl (C=O) groups excluding carboxylic acids is 2. The van der Waals surface area contributed by atoms with E-state index >= 15 is 0 Å². The van der Waals surface area contributed by atoms with Crippen molar-refractivity contribution in [2.75, 3.05) is 21.2 Å². The Bertz CT molecular complexity index is 281. The van der Waals surface area contributed by atoms with Crippen LogP contribution in [0.15, 0.2) is 11.8 Å². The molecule has 0 spiro atoms. The Balaban J connectivity index is 2.87. The fraction of sp³-hybridized carbons (Fsp3) is 0.600. The average Bonchev–Trinajstić information content (AvgIpc) is 2.46. The number of methoxy groups -OCH3 is 1. The Kier molecular flexibility index (Phi) is 3.28. The molecule has 14 heavy (non-hydrogen) atoms. The van der Waals surface area contributed by atoms with Gasteiger partial charge in [0.25, 0.3) is 0 Å². The van der Waals surface area contributed by atoms with Gasteiger partial charge in [0.15, 0.2) is 5.78 Å². The van der Waals surface area contributed by atoms with Crippen molar-refractivity contribution in [2.24, 2.45) is 5.92 Å². The number of nitrogens with zero attached hydrogens (tertiary/aromatic N) is 1. The molecule has 1 fully saturated rings. The molecule has 1 atom stereocenters. The second-order valence-corrected chi connectivity index (χ2v) is 3.59. The predicted octanol–water partition coefficient (Wildman–Crippen LogP) is 0.584. The lowest BCUT2D eigenvalue weighted by molar-refractivity contribution is -0.144. The molecule has 0 amide bonds. The normalized spacial score (nSPS) is 24.1. The van der Waals surface area contributed by atoms with Crippen molar-refractivity contribution in [1.82, 2.24) is 4.90 Å². The van der Waals surface area contributed by atoms with Crippen LogP contribution in [0.1, 0.15) is 12.8 Å². The maximum absolute atomic E-state index is 11.4. The van der Waals surface area contributed by atoms with Gasteiger partial charge in [0.1, 0.15) is 0 Å². The van der Waals surface area contributed by atoms with Crippen molar-refractivity contribution >= 4 is 11.8 Å². The maximum Gasteiger partial charge on any atom is 0.313 e. The van der Waals surface area contributed by atoms with E-state index in [9.17, 15) is 9.59 Å². The third kappa shape index (κ3) is 2.13. The van der Waals surface area contributed by atoms with Crippen molar-refractivity contribution in [3.8, 4) is 0 Å². The largest absolute Gasteiger partial charge is 0.469 e. The Morgan fingerprint density at radius 1 is 1.57 bits per heavy atom. The molecule has 0 aromatic heterocycles. The number of hydrogen-bond acceptors (Lipinski definition) is 4. The quantitative estimate of drug-likeness (QED) is 0.480. The second-order valence-electron chi connectivity index (χ2n) is 3.59. The summed E-state index contributed by atoms with van der Waals surface area (Å²) in [6.07, 6.45) is 2.72. The van der Waals surface area contributed by atoms with Gasteiger partial charge >= 0.3 is 5.97 Å². The van der Waals surface area contributed by atoms with Gasteiger partial charge in [-0.25, -0.2) is 0 Å². The first-order chi connectivity index (χ1) is 6.56. The summed E-state index contributed by atoms with van der Waals surface area (Å²) < 4.78 is 4.64. The van der Waals surface area contributed by atoms with Gasteiger partial charge in [-0.05, 0) is 6.42 Å². The first kappa shape index (κ1) is 10.8. The molecule has 0 aliphatic heterocycles. The Hall–Kier alpha value is -1.32. The lowest BCUT2D eigenvalue weighted by atomic mass is 10.0. The summed E-state index contributed by atoms with van der Waals surface area (Å²) in [7, 11) is 5.00. The zero-order valence-corrected chi connectivity index (χ0v) is 8.74. The lowest BCUT2D eigenvalue weighted by Crippen LogP contribution is -2.18. The van der Waals surface area contributed by atoms with Crippen LogP contribution in [-0.2, 0) is 14.3 Å². The molecular formula is C10H15NO3. The number of ether oxygens (including phenoxy) is 1. The van der Waals surface area contributed by atoms with E-state index < -0.39 is 0 Å². The molecule has 78 valence electrons. The van der Waals surface area contributed by atoms with E-state index in [2.05, 4.69) is 4.74 Å². The number of hydrogen-bond donors (Lipinski definition) is 0. The van der Waals surface area contributed by atoms with Crippen molar-refractivity contribution in [1.29, 1.82) is 0 Å². The number of Topliss-reactive ketones (excluding diaryl/α,β-unsaturated/α-hetero) is 1. The van der Waals surface area contributed by atoms with Gasteiger partial charge < -0.3 is 9.64 Å². The summed E-state index contributed by atoms with van der Waals surface area (Å²) in [5.41, 5.74) is 0.571. The number of carbonyl (C=O) groups is 2. The van der Waals surface area contributed by atoms with Crippen LogP contribution in [0.25, 0.3) is 0 Å². The van der Waals surface area contributed by atoms with Gasteiger partial charge in [0.2, 0.25) is 0 Å². The van der Waals surface area contributed by atoms with Crippen LogP contribution in [0.2, 0.25) is 0 Å². The van der Waals surface area contributed by atoms with Crippen molar-refractivity contribution in [2.45, 2.75) is 12.8 Å². The van der Waals surface area contributed by atoms with Gasteiger partial charge in [0, 0.05) is 32.3 Å². The molecule has 0 radical (unpaired) electrons. The Labute approximate surface area is 83.5 Å². The maximum atomic E-state index is 11.4. The molecule has 1 aliphatic rings. The topological polar surface area (TPSA) is 46.6 Å². The average molecular weight is 197 g/mol. The minimum atomic E-state index is -0.366. The summed E-state index contributed by atoms with van der Waals surface area (Å²) in [5, 5.41) is 0. The summed E-state index contributed by atoms with van der Waals surface area (Å²) in [6, 6.07) is 0. The smallest absolute Gasteiger partial charge is 0.313 e. The van der Waals surface area contributed by atoms with Crippen molar-refractivity contribution in [3.63, 3.8) is 0 Å². The van der Waals surface area contributed by atoms with Crippen molar-refractivity contribution < 1.29 is 14.3 Å². The van der Waals surface area contributed by atoms with E-state index in [0.29, 0.717) is 18.4 Å². The van der Waals surface area contributed by atoms with Crippen LogP contribution < -0.4 is 0 Å². The van der Waals surface area contributed by atoms with Crippen LogP contribution in [0.5, 0.6) is 0 Å². The molecule has 4 heteroatoms. The number of ketones is 1. The zero-order chi connectivity index (χ0) is 10.7. The van der Waals surface area contributed by atoms with Crippen LogP contribution in [0.3, 0.4) is 0 Å². The van der Waals surface area contributed by atoms with Gasteiger partial charge in [-0.2, -0.15) is 0 Å². The first-order valence-electron chi connectivity index (χ1n) is 4.55. The molecule has 0 N–H and O–H groups in total.